The van der Waals surface area contributed by atoms with E-state index < -0.39 is 0 Å². The van der Waals surface area contributed by atoms with Crippen molar-refractivity contribution in [2.75, 3.05) is 6.54 Å². The van der Waals surface area contributed by atoms with Gasteiger partial charge in [0.25, 0.3) is 0 Å². The normalized spacial score (nSPS) is 14.5. The van der Waals surface area contributed by atoms with Gasteiger partial charge in [0.1, 0.15) is 0 Å². The number of rotatable bonds is 9. The maximum Gasteiger partial charge on any atom is 0.00104 e. The Morgan fingerprint density at radius 3 is 2.25 bits per heavy atom. The van der Waals surface area contributed by atoms with Crippen LogP contribution in [0.3, 0.4) is 0 Å². The quantitative estimate of drug-likeness (QED) is 0.670. The Kier molecular flexibility index (Phi) is 7.91. The molecule has 0 radical (unpaired) electrons. The van der Waals surface area contributed by atoms with E-state index in [9.17, 15) is 0 Å². The fourth-order valence-corrected chi connectivity index (χ4v) is 2.88. The largest absolute Gasteiger partial charge is 0.314 e. The van der Waals surface area contributed by atoms with E-state index in [1.54, 1.807) is 0 Å². The fraction of sp³-hybridized carbons (Fsp3) is 0.684. The van der Waals surface area contributed by atoms with E-state index in [0.717, 1.165) is 18.4 Å². The molecule has 1 N–H and O–H groups in total. The molecule has 0 amide bonds. The molecule has 0 saturated carbocycles. The van der Waals surface area contributed by atoms with Gasteiger partial charge >= 0.3 is 0 Å². The minimum absolute atomic E-state index is 0.581. The second-order valence-electron chi connectivity index (χ2n) is 6.75. The summed E-state index contributed by atoms with van der Waals surface area (Å²) in [4.78, 5) is 0. The van der Waals surface area contributed by atoms with Crippen molar-refractivity contribution in [3.63, 3.8) is 0 Å². The van der Waals surface area contributed by atoms with Crippen LogP contribution >= 0.6 is 0 Å². The molecule has 0 saturated heterocycles. The van der Waals surface area contributed by atoms with Crippen LogP contribution in [0.1, 0.15) is 58.1 Å². The number of hydrogen-bond acceptors (Lipinski definition) is 1. The molecule has 0 fully saturated rings. The van der Waals surface area contributed by atoms with Gasteiger partial charge in [-0.25, -0.2) is 0 Å². The highest BCUT2D eigenvalue weighted by atomic mass is 14.9. The maximum atomic E-state index is 3.62. The monoisotopic (exact) mass is 275 g/mol. The zero-order chi connectivity index (χ0) is 15.0. The molecule has 2 atom stereocenters. The lowest BCUT2D eigenvalue weighted by Crippen LogP contribution is -2.30. The summed E-state index contributed by atoms with van der Waals surface area (Å²) in [5, 5.41) is 3.62. The lowest BCUT2D eigenvalue weighted by atomic mass is 9.88. The van der Waals surface area contributed by atoms with Gasteiger partial charge in [-0.15, -0.1) is 0 Å². The molecule has 1 aromatic rings. The summed E-state index contributed by atoms with van der Waals surface area (Å²) in [5.41, 5.74) is 2.83. The SMILES string of the molecule is CCCC(C)CC(CNC(C)C)Cc1ccc(C)cc1. The Morgan fingerprint density at radius 1 is 1.05 bits per heavy atom. The predicted molar refractivity (Wildman–Crippen MR) is 90.2 cm³/mol. The second-order valence-corrected chi connectivity index (χ2v) is 6.75. The Morgan fingerprint density at radius 2 is 1.70 bits per heavy atom. The summed E-state index contributed by atoms with van der Waals surface area (Å²) in [6, 6.07) is 9.64. The second kappa shape index (κ2) is 9.18. The number of aryl methyl sites for hydroxylation is 1. The Balaban J connectivity index is 2.58. The molecule has 1 aromatic carbocycles. The van der Waals surface area contributed by atoms with Gasteiger partial charge in [0.05, 0.1) is 0 Å². The zero-order valence-electron chi connectivity index (χ0n) is 14.1. The minimum Gasteiger partial charge on any atom is -0.314 e. The molecule has 0 aliphatic rings. The molecule has 2 unspecified atom stereocenters. The maximum absolute atomic E-state index is 3.62. The van der Waals surface area contributed by atoms with Gasteiger partial charge in [-0.2, -0.15) is 0 Å². The molecule has 20 heavy (non-hydrogen) atoms. The molecule has 1 rings (SSSR count). The molecule has 114 valence electrons. The van der Waals surface area contributed by atoms with Crippen LogP contribution in [0.4, 0.5) is 0 Å². The van der Waals surface area contributed by atoms with Crippen LogP contribution in [0.2, 0.25) is 0 Å². The van der Waals surface area contributed by atoms with Crippen LogP contribution in [0, 0.1) is 18.8 Å². The van der Waals surface area contributed by atoms with Gasteiger partial charge in [-0.1, -0.05) is 70.4 Å². The van der Waals surface area contributed by atoms with Gasteiger partial charge in [-0.05, 0) is 43.7 Å². The van der Waals surface area contributed by atoms with E-state index in [0.29, 0.717) is 6.04 Å². The van der Waals surface area contributed by atoms with E-state index in [1.165, 1.54) is 36.8 Å². The fourth-order valence-electron chi connectivity index (χ4n) is 2.88. The lowest BCUT2D eigenvalue weighted by Gasteiger charge is -2.23. The first-order chi connectivity index (χ1) is 9.51. The summed E-state index contributed by atoms with van der Waals surface area (Å²) in [7, 11) is 0. The van der Waals surface area contributed by atoms with Crippen molar-refractivity contribution in [1.82, 2.24) is 5.32 Å². The summed E-state index contributed by atoms with van der Waals surface area (Å²) >= 11 is 0. The molecule has 0 aromatic heterocycles. The molecular weight excluding hydrogens is 242 g/mol. The van der Waals surface area contributed by atoms with E-state index in [4.69, 9.17) is 0 Å². The summed E-state index contributed by atoms with van der Waals surface area (Å²) < 4.78 is 0. The molecule has 0 heterocycles. The Hall–Kier alpha value is -0.820. The summed E-state index contributed by atoms with van der Waals surface area (Å²) in [5.74, 6) is 1.59. The molecule has 0 aliphatic carbocycles. The molecule has 1 heteroatoms. The topological polar surface area (TPSA) is 12.0 Å². The van der Waals surface area contributed by atoms with Crippen LogP contribution in [0.15, 0.2) is 24.3 Å². The molecule has 1 nitrogen and oxygen atoms in total. The predicted octanol–water partition coefficient (Wildman–Crippen LogP) is 4.98. The van der Waals surface area contributed by atoms with Crippen molar-refractivity contribution in [1.29, 1.82) is 0 Å². The minimum atomic E-state index is 0.581. The smallest absolute Gasteiger partial charge is 0.00104 e. The first-order valence-electron chi connectivity index (χ1n) is 8.30. The van der Waals surface area contributed by atoms with Crippen molar-refractivity contribution < 1.29 is 0 Å². The van der Waals surface area contributed by atoms with E-state index >= 15 is 0 Å². The highest BCUT2D eigenvalue weighted by Crippen LogP contribution is 2.20. The third-order valence-corrected chi connectivity index (χ3v) is 3.98. The van der Waals surface area contributed by atoms with Crippen molar-refractivity contribution in [3.05, 3.63) is 35.4 Å². The van der Waals surface area contributed by atoms with Crippen LogP contribution in [-0.2, 0) is 6.42 Å². The van der Waals surface area contributed by atoms with Crippen molar-refractivity contribution in [2.24, 2.45) is 11.8 Å². The van der Waals surface area contributed by atoms with Crippen molar-refractivity contribution >= 4 is 0 Å². The van der Waals surface area contributed by atoms with E-state index in [1.807, 2.05) is 0 Å². The van der Waals surface area contributed by atoms with Crippen LogP contribution in [-0.4, -0.2) is 12.6 Å². The Labute approximate surface area is 126 Å². The average Bonchev–Trinajstić information content (AvgIpc) is 2.39. The van der Waals surface area contributed by atoms with Crippen molar-refractivity contribution in [2.45, 2.75) is 66.3 Å². The number of benzene rings is 1. The highest BCUT2D eigenvalue weighted by molar-refractivity contribution is 5.21. The first kappa shape index (κ1) is 17.2. The summed E-state index contributed by atoms with van der Waals surface area (Å²) in [6.45, 7) is 12.5. The first-order valence-corrected chi connectivity index (χ1v) is 8.30. The molecule has 0 spiro atoms. The van der Waals surface area contributed by atoms with Crippen LogP contribution in [0.25, 0.3) is 0 Å². The van der Waals surface area contributed by atoms with Crippen molar-refractivity contribution in [3.8, 4) is 0 Å². The standard InChI is InChI=1S/C19H33N/c1-6-7-17(5)12-19(14-20-15(2)3)13-18-10-8-16(4)9-11-18/h8-11,15,17,19-20H,6-7,12-14H2,1-5H3. The third-order valence-electron chi connectivity index (χ3n) is 3.98. The Bertz CT molecular complexity index is 353. The van der Waals surface area contributed by atoms with Gasteiger partial charge in [0.15, 0.2) is 0 Å². The van der Waals surface area contributed by atoms with Gasteiger partial charge in [0.2, 0.25) is 0 Å². The lowest BCUT2D eigenvalue weighted by molar-refractivity contribution is 0.345. The van der Waals surface area contributed by atoms with Gasteiger partial charge in [-0.3, -0.25) is 0 Å². The molecular formula is C19H33N. The van der Waals surface area contributed by atoms with Gasteiger partial charge < -0.3 is 5.32 Å². The molecule has 0 aliphatic heterocycles. The van der Waals surface area contributed by atoms with Crippen LogP contribution in [0.5, 0.6) is 0 Å². The zero-order valence-corrected chi connectivity index (χ0v) is 14.1. The number of nitrogens with one attached hydrogen (secondary N) is 1. The average molecular weight is 275 g/mol. The third kappa shape index (κ3) is 7.09. The van der Waals surface area contributed by atoms with Gasteiger partial charge in [0, 0.05) is 6.04 Å². The number of hydrogen-bond donors (Lipinski definition) is 1. The molecule has 0 bridgehead atoms. The highest BCUT2D eigenvalue weighted by Gasteiger charge is 2.14. The van der Waals surface area contributed by atoms with Crippen LogP contribution < -0.4 is 5.32 Å². The van der Waals surface area contributed by atoms with E-state index in [2.05, 4.69) is 64.2 Å². The van der Waals surface area contributed by atoms with E-state index in [-0.39, 0.29) is 0 Å². The summed E-state index contributed by atoms with van der Waals surface area (Å²) in [6.07, 6.45) is 5.19.